The van der Waals surface area contributed by atoms with Gasteiger partial charge in [0.15, 0.2) is 0 Å². The van der Waals surface area contributed by atoms with Gasteiger partial charge in [0, 0.05) is 41.2 Å². The van der Waals surface area contributed by atoms with Crippen molar-refractivity contribution in [3.05, 3.63) is 118 Å². The highest BCUT2D eigenvalue weighted by Crippen LogP contribution is 2.36. The molecule has 0 bridgehead atoms. The molecule has 1 N–H and O–H groups in total. The smallest absolute Gasteiger partial charge is 0.264 e. The minimum Gasteiger partial charge on any atom is -0.497 e. The molecule has 254 valence electrons. The van der Waals surface area contributed by atoms with E-state index in [4.69, 9.17) is 32.7 Å². The zero-order valence-corrected chi connectivity index (χ0v) is 29.6. The Hall–Kier alpha value is -4.25. The number of hydrogen-bond donors (Lipinski definition) is 1. The van der Waals surface area contributed by atoms with Gasteiger partial charge in [-0.3, -0.25) is 13.9 Å². The van der Waals surface area contributed by atoms with E-state index in [0.717, 1.165) is 15.4 Å². The second kappa shape index (κ2) is 16.7. The number of hydrogen-bond acceptors (Lipinski definition) is 6. The Morgan fingerprint density at radius 3 is 2.15 bits per heavy atom. The van der Waals surface area contributed by atoms with Gasteiger partial charge in [0.1, 0.15) is 24.1 Å². The highest BCUT2D eigenvalue weighted by molar-refractivity contribution is 7.92. The van der Waals surface area contributed by atoms with E-state index in [1.54, 1.807) is 42.5 Å². The highest BCUT2D eigenvalue weighted by atomic mass is 35.5. The first-order valence-electron chi connectivity index (χ1n) is 15.4. The van der Waals surface area contributed by atoms with Gasteiger partial charge in [0.25, 0.3) is 10.0 Å². The topological polar surface area (TPSA) is 105 Å². The molecule has 0 radical (unpaired) electrons. The van der Waals surface area contributed by atoms with Crippen LogP contribution in [-0.2, 0) is 32.6 Å². The van der Waals surface area contributed by atoms with Crippen LogP contribution in [0.4, 0.5) is 5.69 Å². The van der Waals surface area contributed by atoms with Gasteiger partial charge in [0.2, 0.25) is 11.8 Å². The van der Waals surface area contributed by atoms with Crippen molar-refractivity contribution in [1.29, 1.82) is 0 Å². The summed E-state index contributed by atoms with van der Waals surface area (Å²) in [5.41, 5.74) is 2.16. The number of rotatable bonds is 15. The third-order valence-corrected chi connectivity index (χ3v) is 10.2. The maximum absolute atomic E-state index is 14.7. The fourth-order valence-corrected chi connectivity index (χ4v) is 7.05. The van der Waals surface area contributed by atoms with Crippen molar-refractivity contribution in [2.24, 2.45) is 0 Å². The Labute approximate surface area is 292 Å². The Kier molecular flexibility index (Phi) is 12.7. The first kappa shape index (κ1) is 36.6. The second-order valence-corrected chi connectivity index (χ2v) is 13.8. The zero-order chi connectivity index (χ0) is 34.8. The van der Waals surface area contributed by atoms with Crippen LogP contribution in [0.1, 0.15) is 30.0 Å². The molecule has 9 nitrogen and oxygen atoms in total. The second-order valence-electron chi connectivity index (χ2n) is 11.1. The lowest BCUT2D eigenvalue weighted by atomic mass is 10.0. The summed E-state index contributed by atoms with van der Waals surface area (Å²) in [6.45, 7) is 3.30. The molecule has 0 aliphatic carbocycles. The van der Waals surface area contributed by atoms with Gasteiger partial charge >= 0.3 is 0 Å². The molecule has 0 saturated heterocycles. The number of halogens is 2. The summed E-state index contributed by atoms with van der Waals surface area (Å²) < 4.78 is 40.8. The lowest BCUT2D eigenvalue weighted by Crippen LogP contribution is -2.53. The van der Waals surface area contributed by atoms with E-state index >= 15 is 0 Å². The molecule has 0 heterocycles. The van der Waals surface area contributed by atoms with Gasteiger partial charge in [0.05, 0.1) is 24.8 Å². The number of nitrogens with zero attached hydrogens (tertiary/aromatic N) is 2. The summed E-state index contributed by atoms with van der Waals surface area (Å²) in [5, 5.41) is 3.51. The first-order valence-corrected chi connectivity index (χ1v) is 17.5. The Morgan fingerprint density at radius 2 is 1.54 bits per heavy atom. The predicted molar refractivity (Wildman–Crippen MR) is 190 cm³/mol. The van der Waals surface area contributed by atoms with E-state index in [0.29, 0.717) is 34.3 Å². The van der Waals surface area contributed by atoms with Crippen LogP contribution >= 0.6 is 23.2 Å². The summed E-state index contributed by atoms with van der Waals surface area (Å²) in [4.78, 5) is 29.9. The van der Waals surface area contributed by atoms with Crippen molar-refractivity contribution in [1.82, 2.24) is 10.2 Å². The number of nitrogens with one attached hydrogen (secondary N) is 1. The van der Waals surface area contributed by atoms with Gasteiger partial charge in [-0.25, -0.2) is 8.42 Å². The number of ether oxygens (including phenoxy) is 2. The zero-order valence-electron chi connectivity index (χ0n) is 27.3. The third kappa shape index (κ3) is 8.80. The number of methoxy groups -OCH3 is 2. The summed E-state index contributed by atoms with van der Waals surface area (Å²) >= 11 is 13.2. The molecule has 0 fully saturated rings. The first-order chi connectivity index (χ1) is 23.0. The quantitative estimate of drug-likeness (QED) is 0.148. The molecule has 48 heavy (non-hydrogen) atoms. The van der Waals surface area contributed by atoms with Crippen molar-refractivity contribution >= 4 is 50.7 Å². The fourth-order valence-electron chi connectivity index (χ4n) is 5.12. The summed E-state index contributed by atoms with van der Waals surface area (Å²) in [7, 11) is -1.51. The molecule has 1 atom stereocenters. The minimum absolute atomic E-state index is 0.0343. The molecule has 0 unspecified atom stereocenters. The highest BCUT2D eigenvalue weighted by Gasteiger charge is 2.36. The predicted octanol–water partition coefficient (Wildman–Crippen LogP) is 6.68. The van der Waals surface area contributed by atoms with Crippen LogP contribution in [0.15, 0.2) is 95.9 Å². The van der Waals surface area contributed by atoms with Crippen LogP contribution in [0, 0.1) is 6.92 Å². The number of anilines is 1. The number of benzene rings is 4. The van der Waals surface area contributed by atoms with Crippen molar-refractivity contribution < 1.29 is 27.5 Å². The molecule has 12 heteroatoms. The molecule has 2 amide bonds. The van der Waals surface area contributed by atoms with Crippen LogP contribution in [-0.4, -0.2) is 58.5 Å². The van der Waals surface area contributed by atoms with Gasteiger partial charge < -0.3 is 19.7 Å². The van der Waals surface area contributed by atoms with Crippen LogP contribution in [0.25, 0.3) is 0 Å². The number of carbonyl (C=O) groups excluding carboxylic acids is 2. The molecule has 0 saturated carbocycles. The molecule has 0 aromatic heterocycles. The third-order valence-electron chi connectivity index (χ3n) is 7.75. The van der Waals surface area contributed by atoms with Crippen LogP contribution < -0.4 is 19.1 Å². The van der Waals surface area contributed by atoms with E-state index in [2.05, 4.69) is 5.32 Å². The summed E-state index contributed by atoms with van der Waals surface area (Å²) in [6.07, 6.45) is 0.823. The van der Waals surface area contributed by atoms with Crippen LogP contribution in [0.3, 0.4) is 0 Å². The lowest BCUT2D eigenvalue weighted by Gasteiger charge is -2.34. The number of aryl methyl sites for hydroxylation is 1. The van der Waals surface area contributed by atoms with E-state index < -0.39 is 34.4 Å². The van der Waals surface area contributed by atoms with Gasteiger partial charge in [-0.1, -0.05) is 84.2 Å². The largest absolute Gasteiger partial charge is 0.497 e. The monoisotopic (exact) mass is 711 g/mol. The average molecular weight is 713 g/mol. The summed E-state index contributed by atoms with van der Waals surface area (Å²) in [6, 6.07) is 24.2. The van der Waals surface area contributed by atoms with E-state index in [-0.39, 0.29) is 29.3 Å². The Morgan fingerprint density at radius 1 is 0.875 bits per heavy atom. The fraction of sp³-hybridized carbons (Fsp3) is 0.278. The molecule has 4 aromatic rings. The number of amides is 2. The van der Waals surface area contributed by atoms with Crippen molar-refractivity contribution in [3.63, 3.8) is 0 Å². The molecular weight excluding hydrogens is 673 g/mol. The van der Waals surface area contributed by atoms with Gasteiger partial charge in [-0.05, 0) is 55.3 Å². The standard InChI is InChI=1S/C36H39Cl2N3O6S/c1-5-20-39-36(43)33(21-26-10-7-6-8-11-26)40(23-29-30(37)12-9-13-31(29)38)35(42)24-41(32-22-27(46-3)16-19-34(32)47-4)48(44,45)28-17-14-25(2)15-18-28/h6-19,22,33H,5,20-21,23-24H2,1-4H3,(H,39,43)/t33-/m0/s1. The van der Waals surface area contributed by atoms with Crippen LogP contribution in [0.5, 0.6) is 11.5 Å². The van der Waals surface area contributed by atoms with Gasteiger partial charge in [-0.15, -0.1) is 0 Å². The molecule has 0 aliphatic heterocycles. The lowest BCUT2D eigenvalue weighted by molar-refractivity contribution is -0.140. The van der Waals surface area contributed by atoms with Crippen molar-refractivity contribution in [2.75, 3.05) is 31.6 Å². The van der Waals surface area contributed by atoms with E-state index in [1.165, 1.54) is 37.3 Å². The molecule has 4 aromatic carbocycles. The van der Waals surface area contributed by atoms with Crippen LogP contribution in [0.2, 0.25) is 10.0 Å². The summed E-state index contributed by atoms with van der Waals surface area (Å²) in [5.74, 6) is -0.521. The van der Waals surface area contributed by atoms with Crippen molar-refractivity contribution in [3.8, 4) is 11.5 Å². The Balaban J connectivity index is 1.89. The minimum atomic E-state index is -4.37. The average Bonchev–Trinajstić information content (AvgIpc) is 3.08. The molecule has 0 aliphatic rings. The number of carbonyl (C=O) groups is 2. The maximum atomic E-state index is 14.7. The molecule has 4 rings (SSSR count). The van der Waals surface area contributed by atoms with E-state index in [9.17, 15) is 18.0 Å². The molecule has 0 spiro atoms. The van der Waals surface area contributed by atoms with E-state index in [1.807, 2.05) is 44.2 Å². The van der Waals surface area contributed by atoms with Gasteiger partial charge in [-0.2, -0.15) is 0 Å². The maximum Gasteiger partial charge on any atom is 0.264 e. The number of sulfonamides is 1. The SMILES string of the molecule is CCCNC(=O)[C@H](Cc1ccccc1)N(Cc1c(Cl)cccc1Cl)C(=O)CN(c1cc(OC)ccc1OC)S(=O)(=O)c1ccc(C)cc1. The molecular formula is C36H39Cl2N3O6S. The Bertz CT molecular complexity index is 1800. The van der Waals surface area contributed by atoms with Crippen molar-refractivity contribution in [2.45, 2.75) is 44.2 Å². The normalized spacial score (nSPS) is 11.8.